The lowest BCUT2D eigenvalue weighted by atomic mass is 9.95. The molecule has 3 rings (SSSR count). The van der Waals surface area contributed by atoms with E-state index in [0.29, 0.717) is 12.0 Å². The van der Waals surface area contributed by atoms with Gasteiger partial charge in [-0.1, -0.05) is 0 Å². The topological polar surface area (TPSA) is 50.6 Å². The van der Waals surface area contributed by atoms with E-state index < -0.39 is 0 Å². The van der Waals surface area contributed by atoms with E-state index in [1.165, 1.54) is 18.4 Å². The van der Waals surface area contributed by atoms with Crippen molar-refractivity contribution in [2.75, 3.05) is 33.3 Å². The van der Waals surface area contributed by atoms with Crippen molar-refractivity contribution >= 4 is 5.91 Å². The predicted molar refractivity (Wildman–Crippen MR) is 93.0 cm³/mol. The van der Waals surface area contributed by atoms with Crippen LogP contribution in [0.15, 0.2) is 0 Å². The summed E-state index contributed by atoms with van der Waals surface area (Å²) >= 11 is 0. The van der Waals surface area contributed by atoms with Crippen LogP contribution in [0.4, 0.5) is 0 Å². The number of piperidine rings is 1. The van der Waals surface area contributed by atoms with Crippen molar-refractivity contribution in [1.82, 2.24) is 19.6 Å². The number of ether oxygens (including phenoxy) is 1. The van der Waals surface area contributed by atoms with Gasteiger partial charge in [-0.15, -0.1) is 0 Å². The van der Waals surface area contributed by atoms with E-state index >= 15 is 0 Å². The molecule has 6 heteroatoms. The fourth-order valence-electron chi connectivity index (χ4n) is 4.41. The third-order valence-electron chi connectivity index (χ3n) is 5.66. The number of carbonyl (C=O) groups excluding carboxylic acids is 1. The molecule has 2 fully saturated rings. The second-order valence-electron chi connectivity index (χ2n) is 7.23. The van der Waals surface area contributed by atoms with E-state index in [2.05, 4.69) is 16.9 Å². The number of aromatic nitrogens is 2. The van der Waals surface area contributed by atoms with Crippen LogP contribution in [0, 0.1) is 12.8 Å². The van der Waals surface area contributed by atoms with Gasteiger partial charge in [0.15, 0.2) is 0 Å². The minimum absolute atomic E-state index is 0.211. The van der Waals surface area contributed by atoms with Crippen LogP contribution in [0.3, 0.4) is 0 Å². The number of nitrogens with zero attached hydrogens (tertiary/aromatic N) is 4. The second-order valence-corrected chi connectivity index (χ2v) is 7.23. The Labute approximate surface area is 144 Å². The molecule has 1 atom stereocenters. The van der Waals surface area contributed by atoms with Crippen LogP contribution >= 0.6 is 0 Å². The summed E-state index contributed by atoms with van der Waals surface area (Å²) in [5.74, 6) is 1.79. The Hall–Kier alpha value is -1.56. The Morgan fingerprint density at radius 2 is 1.96 bits per heavy atom. The van der Waals surface area contributed by atoms with Gasteiger partial charge in [-0.25, -0.2) is 4.68 Å². The van der Waals surface area contributed by atoms with Crippen LogP contribution in [0.1, 0.15) is 49.9 Å². The fraction of sp³-hybridized carbons (Fsp3) is 0.778. The van der Waals surface area contributed by atoms with E-state index in [9.17, 15) is 4.79 Å². The summed E-state index contributed by atoms with van der Waals surface area (Å²) < 4.78 is 7.47. The predicted octanol–water partition coefficient (Wildman–Crippen LogP) is 2.13. The third kappa shape index (κ3) is 3.29. The molecule has 2 aliphatic rings. The molecule has 1 aromatic heterocycles. The van der Waals surface area contributed by atoms with Gasteiger partial charge in [-0.3, -0.25) is 9.69 Å². The highest BCUT2D eigenvalue weighted by molar-refractivity contribution is 5.73. The number of amides is 1. The van der Waals surface area contributed by atoms with Crippen molar-refractivity contribution in [3.8, 4) is 5.88 Å². The Bertz CT molecular complexity index is 590. The molecule has 0 N–H and O–H groups in total. The van der Waals surface area contributed by atoms with Crippen LogP contribution in [0.2, 0.25) is 0 Å². The molecule has 0 bridgehead atoms. The highest BCUT2D eigenvalue weighted by Crippen LogP contribution is 2.39. The molecule has 2 aliphatic heterocycles. The highest BCUT2D eigenvalue weighted by atomic mass is 16.5. The van der Waals surface area contributed by atoms with E-state index in [4.69, 9.17) is 4.74 Å². The number of methoxy groups -OCH3 is 1. The zero-order valence-electron chi connectivity index (χ0n) is 15.4. The van der Waals surface area contributed by atoms with Gasteiger partial charge in [0.05, 0.1) is 18.4 Å². The SMILES string of the molecule is COc1c([C@@H]2CCCN2CC2CCN(C(C)=O)CC2)c(C)nn1C. The molecule has 3 heterocycles. The molecule has 24 heavy (non-hydrogen) atoms. The summed E-state index contributed by atoms with van der Waals surface area (Å²) in [6.45, 7) is 7.85. The van der Waals surface area contributed by atoms with E-state index in [1.54, 1.807) is 14.0 Å². The summed E-state index contributed by atoms with van der Waals surface area (Å²) in [7, 11) is 3.68. The van der Waals surface area contributed by atoms with Gasteiger partial charge in [-0.05, 0) is 45.1 Å². The maximum absolute atomic E-state index is 11.5. The average molecular weight is 334 g/mol. The molecule has 0 saturated carbocycles. The van der Waals surface area contributed by atoms with Gasteiger partial charge in [0.1, 0.15) is 0 Å². The fourth-order valence-corrected chi connectivity index (χ4v) is 4.41. The van der Waals surface area contributed by atoms with Crippen LogP contribution in [0.5, 0.6) is 5.88 Å². The van der Waals surface area contributed by atoms with Crippen LogP contribution < -0.4 is 4.74 Å². The smallest absolute Gasteiger partial charge is 0.219 e. The molecule has 0 unspecified atom stereocenters. The minimum atomic E-state index is 0.211. The summed E-state index contributed by atoms with van der Waals surface area (Å²) in [5, 5.41) is 4.56. The Morgan fingerprint density at radius 1 is 1.25 bits per heavy atom. The minimum Gasteiger partial charge on any atom is -0.481 e. The normalized spacial score (nSPS) is 23.0. The van der Waals surface area contributed by atoms with Crippen LogP contribution in [0.25, 0.3) is 0 Å². The van der Waals surface area contributed by atoms with Crippen molar-refractivity contribution in [2.24, 2.45) is 13.0 Å². The number of hydrogen-bond acceptors (Lipinski definition) is 4. The summed E-state index contributed by atoms with van der Waals surface area (Å²) in [6.07, 6.45) is 4.64. The molecule has 6 nitrogen and oxygen atoms in total. The van der Waals surface area contributed by atoms with E-state index in [-0.39, 0.29) is 5.91 Å². The molecule has 134 valence electrons. The zero-order chi connectivity index (χ0) is 17.3. The van der Waals surface area contributed by atoms with Gasteiger partial charge >= 0.3 is 0 Å². The van der Waals surface area contributed by atoms with Crippen molar-refractivity contribution in [1.29, 1.82) is 0 Å². The maximum atomic E-state index is 11.5. The molecule has 0 radical (unpaired) electrons. The van der Waals surface area contributed by atoms with Gasteiger partial charge in [0.25, 0.3) is 0 Å². The molecule has 0 aromatic carbocycles. The number of likely N-dealkylation sites (tertiary alicyclic amines) is 2. The maximum Gasteiger partial charge on any atom is 0.219 e. The van der Waals surface area contributed by atoms with Crippen molar-refractivity contribution in [2.45, 2.75) is 45.6 Å². The van der Waals surface area contributed by atoms with Crippen LogP contribution in [-0.4, -0.2) is 58.8 Å². The first-order valence-electron chi connectivity index (χ1n) is 9.08. The first-order chi connectivity index (χ1) is 11.5. The first-order valence-corrected chi connectivity index (χ1v) is 9.08. The van der Waals surface area contributed by atoms with Gasteiger partial charge < -0.3 is 9.64 Å². The number of carbonyl (C=O) groups is 1. The van der Waals surface area contributed by atoms with E-state index in [1.807, 2.05) is 16.6 Å². The molecule has 1 amide bonds. The zero-order valence-corrected chi connectivity index (χ0v) is 15.4. The average Bonchev–Trinajstić information content (AvgIpc) is 3.10. The molecular formula is C18H30N4O2. The number of hydrogen-bond donors (Lipinski definition) is 0. The molecule has 0 aliphatic carbocycles. The lowest BCUT2D eigenvalue weighted by Gasteiger charge is -2.35. The quantitative estimate of drug-likeness (QED) is 0.846. The molecular weight excluding hydrogens is 304 g/mol. The molecule has 1 aromatic rings. The number of aryl methyl sites for hydroxylation is 2. The van der Waals surface area contributed by atoms with Crippen molar-refractivity contribution in [3.63, 3.8) is 0 Å². The standard InChI is InChI=1S/C18H30N4O2/c1-13-17(18(24-4)20(3)19-13)16-6-5-9-22(16)12-15-7-10-21(11-8-15)14(2)23/h15-16H,5-12H2,1-4H3/t16-/m0/s1. The largest absolute Gasteiger partial charge is 0.481 e. The van der Waals surface area contributed by atoms with Crippen molar-refractivity contribution in [3.05, 3.63) is 11.3 Å². The Kier molecular flexibility index (Phi) is 5.13. The lowest BCUT2D eigenvalue weighted by molar-refractivity contribution is -0.130. The Balaban J connectivity index is 1.68. The van der Waals surface area contributed by atoms with Crippen LogP contribution in [-0.2, 0) is 11.8 Å². The summed E-state index contributed by atoms with van der Waals surface area (Å²) in [4.78, 5) is 16.1. The second kappa shape index (κ2) is 7.13. The Morgan fingerprint density at radius 3 is 2.58 bits per heavy atom. The molecule has 2 saturated heterocycles. The molecule has 0 spiro atoms. The third-order valence-corrected chi connectivity index (χ3v) is 5.66. The van der Waals surface area contributed by atoms with Gasteiger partial charge in [0.2, 0.25) is 11.8 Å². The monoisotopic (exact) mass is 334 g/mol. The summed E-state index contributed by atoms with van der Waals surface area (Å²) in [5.41, 5.74) is 2.34. The van der Waals surface area contributed by atoms with E-state index in [0.717, 1.165) is 50.6 Å². The lowest BCUT2D eigenvalue weighted by Crippen LogP contribution is -2.40. The summed E-state index contributed by atoms with van der Waals surface area (Å²) in [6, 6.07) is 0.416. The van der Waals surface area contributed by atoms with Crippen molar-refractivity contribution < 1.29 is 9.53 Å². The highest BCUT2D eigenvalue weighted by Gasteiger charge is 2.34. The first kappa shape index (κ1) is 17.3. The van der Waals surface area contributed by atoms with Gasteiger partial charge in [0, 0.05) is 39.6 Å². The number of rotatable bonds is 4. The van der Waals surface area contributed by atoms with Gasteiger partial charge in [-0.2, -0.15) is 5.10 Å².